The highest BCUT2D eigenvalue weighted by Crippen LogP contribution is 2.35. The van der Waals surface area contributed by atoms with Gasteiger partial charge in [-0.2, -0.15) is 4.98 Å². The third kappa shape index (κ3) is 5.10. The molecule has 2 aliphatic carbocycles. The molecule has 2 aromatic heterocycles. The molecule has 0 aromatic carbocycles. The molecule has 0 unspecified atom stereocenters. The van der Waals surface area contributed by atoms with E-state index in [1.54, 1.807) is 7.05 Å². The maximum Gasteiger partial charge on any atom is 0.321 e. The fourth-order valence-electron chi connectivity index (χ4n) is 4.04. The first-order valence-electron chi connectivity index (χ1n) is 11.2. The number of hydrogen-bond donors (Lipinski definition) is 3. The number of nitrogens with zero attached hydrogens (tertiary/aromatic N) is 4. The lowest BCUT2D eigenvalue weighted by Crippen LogP contribution is -2.32. The largest absolute Gasteiger partial charge is 0.489 e. The van der Waals surface area contributed by atoms with Crippen LogP contribution in [0.5, 0.6) is 5.75 Å². The number of rotatable bonds is 8. The van der Waals surface area contributed by atoms with Crippen LogP contribution in [0, 0.1) is 6.92 Å². The average molecular weight is 428 g/mol. The van der Waals surface area contributed by atoms with Gasteiger partial charge in [0.2, 0.25) is 0 Å². The molecule has 5 N–H and O–H groups in total. The van der Waals surface area contributed by atoms with Gasteiger partial charge >= 0.3 is 6.01 Å². The second-order valence-electron chi connectivity index (χ2n) is 8.57. The molecule has 0 radical (unpaired) electrons. The highest BCUT2D eigenvalue weighted by Gasteiger charge is 2.25. The van der Waals surface area contributed by atoms with Crippen LogP contribution in [-0.4, -0.2) is 39.8 Å². The van der Waals surface area contributed by atoms with E-state index >= 15 is 0 Å². The molecule has 0 aliphatic heterocycles. The standard InChI is InChI=1S/C22H33N7O2/c1-14-19(30-16-9-4-3-5-10-16)12-11-17(26-14)20(23)18(29(2)24)13-25-22-27-21(28-31-22)15-7-6-8-15/h11-12,15-16H,3-10,13,23-24H2,1-2H3,(H,25,27,28)/b20-18-. The summed E-state index contributed by atoms with van der Waals surface area (Å²) >= 11 is 0. The van der Waals surface area contributed by atoms with Crippen molar-refractivity contribution >= 4 is 11.7 Å². The number of pyridine rings is 1. The zero-order valence-corrected chi connectivity index (χ0v) is 18.4. The highest BCUT2D eigenvalue weighted by atomic mass is 16.5. The van der Waals surface area contributed by atoms with Gasteiger partial charge in [-0.15, -0.1) is 0 Å². The maximum atomic E-state index is 6.44. The van der Waals surface area contributed by atoms with E-state index in [1.165, 1.54) is 30.7 Å². The van der Waals surface area contributed by atoms with Crippen LogP contribution in [-0.2, 0) is 0 Å². The number of ether oxygens (including phenoxy) is 1. The molecule has 168 valence electrons. The van der Waals surface area contributed by atoms with E-state index < -0.39 is 0 Å². The van der Waals surface area contributed by atoms with Crippen molar-refractivity contribution < 1.29 is 9.26 Å². The molecule has 2 fully saturated rings. The van der Waals surface area contributed by atoms with Gasteiger partial charge in [0, 0.05) is 13.0 Å². The molecule has 9 heteroatoms. The molecule has 2 heterocycles. The van der Waals surface area contributed by atoms with Crippen molar-refractivity contribution in [2.24, 2.45) is 11.6 Å². The lowest BCUT2D eigenvalue weighted by atomic mass is 9.85. The number of nitrogens with one attached hydrogen (secondary N) is 1. The Morgan fingerprint density at radius 1 is 1.16 bits per heavy atom. The van der Waals surface area contributed by atoms with Crippen molar-refractivity contribution in [3.63, 3.8) is 0 Å². The van der Waals surface area contributed by atoms with Crippen molar-refractivity contribution in [1.82, 2.24) is 20.1 Å². The van der Waals surface area contributed by atoms with Crippen LogP contribution < -0.4 is 21.6 Å². The van der Waals surface area contributed by atoms with Gasteiger partial charge in [-0.1, -0.05) is 18.0 Å². The van der Waals surface area contributed by atoms with Crippen LogP contribution in [0.25, 0.3) is 5.70 Å². The number of aryl methyl sites for hydroxylation is 1. The Morgan fingerprint density at radius 3 is 2.58 bits per heavy atom. The van der Waals surface area contributed by atoms with Crippen molar-refractivity contribution in [3.05, 3.63) is 35.0 Å². The van der Waals surface area contributed by atoms with Gasteiger partial charge in [0.1, 0.15) is 5.75 Å². The summed E-state index contributed by atoms with van der Waals surface area (Å²) in [6.45, 7) is 2.28. The molecule has 2 saturated carbocycles. The minimum Gasteiger partial charge on any atom is -0.489 e. The predicted molar refractivity (Wildman–Crippen MR) is 119 cm³/mol. The van der Waals surface area contributed by atoms with Crippen LogP contribution in [0.3, 0.4) is 0 Å². The van der Waals surface area contributed by atoms with Gasteiger partial charge < -0.3 is 25.3 Å². The summed E-state index contributed by atoms with van der Waals surface area (Å²) in [5, 5.41) is 8.68. The first-order valence-corrected chi connectivity index (χ1v) is 11.2. The second kappa shape index (κ2) is 9.55. The van der Waals surface area contributed by atoms with E-state index in [4.69, 9.17) is 20.8 Å². The van der Waals surface area contributed by atoms with E-state index in [0.717, 1.165) is 43.0 Å². The number of nitrogens with two attached hydrogens (primary N) is 2. The Hall–Kier alpha value is -2.81. The summed E-state index contributed by atoms with van der Waals surface area (Å²) < 4.78 is 11.5. The van der Waals surface area contributed by atoms with E-state index in [-0.39, 0.29) is 6.10 Å². The number of likely N-dealkylation sites (N-methyl/N-ethyl adjacent to an activating group) is 1. The Labute approximate surface area is 183 Å². The van der Waals surface area contributed by atoms with Crippen LogP contribution >= 0.6 is 0 Å². The average Bonchev–Trinajstić information content (AvgIpc) is 3.17. The zero-order chi connectivity index (χ0) is 21.8. The smallest absolute Gasteiger partial charge is 0.321 e. The number of aromatic nitrogens is 3. The number of hydrazine groups is 1. The van der Waals surface area contributed by atoms with E-state index in [0.29, 0.717) is 35.6 Å². The van der Waals surface area contributed by atoms with E-state index in [2.05, 4.69) is 20.4 Å². The fraction of sp³-hybridized carbons (Fsp3) is 0.591. The van der Waals surface area contributed by atoms with Gasteiger partial charge in [-0.25, -0.2) is 10.8 Å². The fourth-order valence-corrected chi connectivity index (χ4v) is 4.04. The van der Waals surface area contributed by atoms with Gasteiger partial charge in [0.05, 0.1) is 35.4 Å². The number of hydrogen-bond acceptors (Lipinski definition) is 9. The molecule has 2 aliphatic rings. The summed E-state index contributed by atoms with van der Waals surface area (Å²) in [6.07, 6.45) is 9.71. The number of anilines is 1. The van der Waals surface area contributed by atoms with Crippen LogP contribution in [0.4, 0.5) is 6.01 Å². The molecule has 0 atom stereocenters. The minimum absolute atomic E-state index is 0.280. The van der Waals surface area contributed by atoms with Crippen molar-refractivity contribution in [2.45, 2.75) is 70.3 Å². The van der Waals surface area contributed by atoms with Crippen LogP contribution in [0.2, 0.25) is 0 Å². The molecule has 9 nitrogen and oxygen atoms in total. The molecule has 0 spiro atoms. The molecule has 2 aromatic rings. The third-order valence-corrected chi connectivity index (χ3v) is 6.21. The van der Waals surface area contributed by atoms with Gasteiger partial charge in [0.25, 0.3) is 0 Å². The highest BCUT2D eigenvalue weighted by molar-refractivity contribution is 5.64. The van der Waals surface area contributed by atoms with Gasteiger partial charge in [-0.3, -0.25) is 0 Å². The molecule has 0 amide bonds. The summed E-state index contributed by atoms with van der Waals surface area (Å²) in [6, 6.07) is 4.20. The Morgan fingerprint density at radius 2 is 1.94 bits per heavy atom. The molecule has 31 heavy (non-hydrogen) atoms. The molecule has 0 saturated heterocycles. The summed E-state index contributed by atoms with van der Waals surface area (Å²) in [5.41, 5.74) is 9.08. The first-order chi connectivity index (χ1) is 15.0. The van der Waals surface area contributed by atoms with Gasteiger partial charge in [0.15, 0.2) is 5.82 Å². The Bertz CT molecular complexity index is 914. The second-order valence-corrected chi connectivity index (χ2v) is 8.57. The summed E-state index contributed by atoms with van der Waals surface area (Å²) in [5.74, 6) is 8.05. The zero-order valence-electron chi connectivity index (χ0n) is 18.4. The predicted octanol–water partition coefficient (Wildman–Crippen LogP) is 3.30. The summed E-state index contributed by atoms with van der Waals surface area (Å²) in [4.78, 5) is 9.11. The van der Waals surface area contributed by atoms with Crippen molar-refractivity contribution in [2.75, 3.05) is 18.9 Å². The monoisotopic (exact) mass is 427 g/mol. The third-order valence-electron chi connectivity index (χ3n) is 6.21. The van der Waals surface area contributed by atoms with Crippen molar-refractivity contribution in [3.8, 4) is 5.75 Å². The van der Waals surface area contributed by atoms with Crippen LogP contribution in [0.1, 0.15) is 74.5 Å². The SMILES string of the molecule is Cc1nc(/C(N)=C(\CNc2nc(C3CCC3)no2)N(C)N)ccc1OC1CCCCC1. The Kier molecular flexibility index (Phi) is 6.60. The van der Waals surface area contributed by atoms with Gasteiger partial charge in [-0.05, 0) is 57.6 Å². The Balaban J connectivity index is 1.45. The van der Waals surface area contributed by atoms with E-state index in [1.807, 2.05) is 19.1 Å². The van der Waals surface area contributed by atoms with Crippen LogP contribution in [0.15, 0.2) is 22.4 Å². The first kappa shape index (κ1) is 21.4. The lowest BCUT2D eigenvalue weighted by molar-refractivity contribution is 0.153. The molecule has 0 bridgehead atoms. The molecular weight excluding hydrogens is 394 g/mol. The van der Waals surface area contributed by atoms with E-state index in [9.17, 15) is 0 Å². The quantitative estimate of drug-likeness (QED) is 0.429. The minimum atomic E-state index is 0.280. The maximum absolute atomic E-state index is 6.44. The topological polar surface area (TPSA) is 128 Å². The normalized spacial score (nSPS) is 18.3. The lowest BCUT2D eigenvalue weighted by Gasteiger charge is -2.24. The summed E-state index contributed by atoms with van der Waals surface area (Å²) in [7, 11) is 1.74. The molecule has 4 rings (SSSR count). The van der Waals surface area contributed by atoms with Crippen molar-refractivity contribution in [1.29, 1.82) is 0 Å². The molecular formula is C22H33N7O2.